The topological polar surface area (TPSA) is 99.6 Å². The van der Waals surface area contributed by atoms with E-state index in [0.29, 0.717) is 6.42 Å². The number of aromatic nitrogens is 1. The molecule has 10 heteroatoms. The molecule has 2 rings (SSSR count). The van der Waals surface area contributed by atoms with E-state index in [-0.39, 0.29) is 28.3 Å². The van der Waals surface area contributed by atoms with Crippen LogP contribution in [0.3, 0.4) is 0 Å². The second kappa shape index (κ2) is 5.72. The van der Waals surface area contributed by atoms with Crippen molar-refractivity contribution in [2.75, 3.05) is 13.1 Å². The molecular weight excluding hydrogens is 329 g/mol. The minimum absolute atomic E-state index is 0.0631. The molecule has 0 aromatic carbocycles. The zero-order chi connectivity index (χ0) is 14.9. The number of amides is 1. The van der Waals surface area contributed by atoms with Gasteiger partial charge in [0.05, 0.1) is 0 Å². The molecule has 1 amide bonds. The average Bonchev–Trinajstić information content (AvgIpc) is 2.76. The van der Waals surface area contributed by atoms with E-state index < -0.39 is 22.2 Å². The highest BCUT2D eigenvalue weighted by Crippen LogP contribution is 2.27. The van der Waals surface area contributed by atoms with Crippen molar-refractivity contribution in [3.63, 3.8) is 0 Å². The van der Waals surface area contributed by atoms with Crippen LogP contribution in [0, 0.1) is 0 Å². The zero-order valence-electron chi connectivity index (χ0n) is 10.1. The van der Waals surface area contributed by atoms with Gasteiger partial charge in [-0.15, -0.1) is 0 Å². The first-order valence-electron chi connectivity index (χ1n) is 5.62. The van der Waals surface area contributed by atoms with Crippen LogP contribution in [0.15, 0.2) is 17.0 Å². The molecule has 110 valence electrons. The molecule has 0 bridgehead atoms. The van der Waals surface area contributed by atoms with E-state index in [2.05, 4.69) is 10.3 Å². The van der Waals surface area contributed by atoms with Crippen molar-refractivity contribution in [2.45, 2.75) is 17.4 Å². The van der Waals surface area contributed by atoms with Gasteiger partial charge in [-0.3, -0.25) is 0 Å². The number of carboxylic acid groups (broad SMARTS) is 1. The molecule has 2 N–H and O–H groups in total. The molecule has 0 aliphatic carbocycles. The Bertz CT molecular complexity index is 637. The third-order valence-corrected chi connectivity index (χ3v) is 5.38. The van der Waals surface area contributed by atoms with Gasteiger partial charge < -0.3 is 10.4 Å². The SMILES string of the molecule is O=C(O)NC1CCN(S(=O)(=O)c2ccc(Cl)nc2Cl)C1. The lowest BCUT2D eigenvalue weighted by atomic mass is 10.3. The minimum atomic E-state index is -3.81. The molecule has 1 saturated heterocycles. The summed E-state index contributed by atoms with van der Waals surface area (Å²) in [6, 6.07) is 2.19. The predicted molar refractivity (Wildman–Crippen MR) is 72.6 cm³/mol. The van der Waals surface area contributed by atoms with Gasteiger partial charge in [0.25, 0.3) is 0 Å². The third-order valence-electron chi connectivity index (χ3n) is 2.88. The molecule has 1 unspecified atom stereocenters. The highest BCUT2D eigenvalue weighted by Gasteiger charge is 2.34. The smallest absolute Gasteiger partial charge is 0.404 e. The molecule has 0 radical (unpaired) electrons. The lowest BCUT2D eigenvalue weighted by molar-refractivity contribution is 0.190. The Morgan fingerprint density at radius 2 is 2.15 bits per heavy atom. The lowest BCUT2D eigenvalue weighted by Crippen LogP contribution is -2.37. The fourth-order valence-corrected chi connectivity index (χ4v) is 4.11. The largest absolute Gasteiger partial charge is 0.465 e. The van der Waals surface area contributed by atoms with Crippen molar-refractivity contribution in [3.05, 3.63) is 22.4 Å². The Kier molecular flexibility index (Phi) is 4.38. The van der Waals surface area contributed by atoms with E-state index >= 15 is 0 Å². The Morgan fingerprint density at radius 3 is 2.75 bits per heavy atom. The van der Waals surface area contributed by atoms with Gasteiger partial charge >= 0.3 is 6.09 Å². The maximum Gasteiger partial charge on any atom is 0.404 e. The first kappa shape index (κ1) is 15.3. The lowest BCUT2D eigenvalue weighted by Gasteiger charge is -2.17. The summed E-state index contributed by atoms with van der Waals surface area (Å²) in [5.74, 6) is 0. The van der Waals surface area contributed by atoms with E-state index in [9.17, 15) is 13.2 Å². The zero-order valence-corrected chi connectivity index (χ0v) is 12.4. The van der Waals surface area contributed by atoms with Crippen LogP contribution < -0.4 is 5.32 Å². The number of hydrogen-bond donors (Lipinski definition) is 2. The molecule has 1 aliphatic heterocycles. The summed E-state index contributed by atoms with van der Waals surface area (Å²) >= 11 is 11.4. The number of hydrogen-bond acceptors (Lipinski definition) is 4. The van der Waals surface area contributed by atoms with Crippen molar-refractivity contribution < 1.29 is 18.3 Å². The summed E-state index contributed by atoms with van der Waals surface area (Å²) in [4.78, 5) is 14.1. The standard InChI is InChI=1S/C10H11Cl2N3O4S/c11-8-2-1-7(9(12)14-8)20(18,19)15-4-3-6(5-15)13-10(16)17/h1-2,6,13H,3-5H2,(H,16,17). The Balaban J connectivity index is 2.21. The van der Waals surface area contributed by atoms with Gasteiger partial charge in [-0.1, -0.05) is 23.2 Å². The Morgan fingerprint density at radius 1 is 1.45 bits per heavy atom. The number of carbonyl (C=O) groups is 1. The second-order valence-corrected chi connectivity index (χ2v) is 6.87. The monoisotopic (exact) mass is 339 g/mol. The van der Waals surface area contributed by atoms with Crippen LogP contribution in [-0.4, -0.2) is 48.0 Å². The summed E-state index contributed by atoms with van der Waals surface area (Å²) in [6.07, 6.45) is -0.773. The van der Waals surface area contributed by atoms with Crippen molar-refractivity contribution in [1.29, 1.82) is 0 Å². The van der Waals surface area contributed by atoms with Gasteiger partial charge in [0.1, 0.15) is 10.0 Å². The Labute approximate surface area is 125 Å². The number of nitrogens with one attached hydrogen (secondary N) is 1. The van der Waals surface area contributed by atoms with Crippen LogP contribution in [0.4, 0.5) is 4.79 Å². The van der Waals surface area contributed by atoms with Gasteiger partial charge in [-0.25, -0.2) is 18.2 Å². The molecule has 1 aromatic rings. The first-order chi connectivity index (χ1) is 9.30. The fraction of sp³-hybridized carbons (Fsp3) is 0.400. The Hall–Kier alpha value is -1.09. The highest BCUT2D eigenvalue weighted by atomic mass is 35.5. The maximum absolute atomic E-state index is 12.4. The number of rotatable bonds is 3. The summed E-state index contributed by atoms with van der Waals surface area (Å²) in [5.41, 5.74) is 0. The molecule has 1 aliphatic rings. The molecule has 1 atom stereocenters. The quantitative estimate of drug-likeness (QED) is 0.811. The van der Waals surface area contributed by atoms with Crippen LogP contribution in [-0.2, 0) is 10.0 Å². The average molecular weight is 340 g/mol. The number of sulfonamides is 1. The molecule has 20 heavy (non-hydrogen) atoms. The van der Waals surface area contributed by atoms with E-state index in [0.717, 1.165) is 0 Å². The van der Waals surface area contributed by atoms with E-state index in [1.807, 2.05) is 0 Å². The fourth-order valence-electron chi connectivity index (χ4n) is 1.97. The maximum atomic E-state index is 12.4. The molecular formula is C10H11Cl2N3O4S. The summed E-state index contributed by atoms with van der Waals surface area (Å²) < 4.78 is 25.9. The van der Waals surface area contributed by atoms with E-state index in [1.54, 1.807) is 0 Å². The number of halogens is 2. The minimum Gasteiger partial charge on any atom is -0.465 e. The van der Waals surface area contributed by atoms with E-state index in [1.165, 1.54) is 16.4 Å². The first-order valence-corrected chi connectivity index (χ1v) is 7.82. The van der Waals surface area contributed by atoms with Crippen LogP contribution >= 0.6 is 23.2 Å². The number of nitrogens with zero attached hydrogens (tertiary/aromatic N) is 2. The van der Waals surface area contributed by atoms with Crippen molar-refractivity contribution in [3.8, 4) is 0 Å². The molecule has 2 heterocycles. The van der Waals surface area contributed by atoms with Crippen molar-refractivity contribution in [2.24, 2.45) is 0 Å². The molecule has 7 nitrogen and oxygen atoms in total. The van der Waals surface area contributed by atoms with Gasteiger partial charge in [-0.2, -0.15) is 4.31 Å². The van der Waals surface area contributed by atoms with E-state index in [4.69, 9.17) is 28.3 Å². The van der Waals surface area contributed by atoms with Gasteiger partial charge in [0.2, 0.25) is 10.0 Å². The third kappa shape index (κ3) is 3.14. The van der Waals surface area contributed by atoms with Crippen LogP contribution in [0.2, 0.25) is 10.3 Å². The molecule has 1 aromatic heterocycles. The molecule has 1 fully saturated rings. The summed E-state index contributed by atoms with van der Waals surface area (Å²) in [7, 11) is -3.81. The van der Waals surface area contributed by atoms with Crippen molar-refractivity contribution in [1.82, 2.24) is 14.6 Å². The van der Waals surface area contributed by atoms with Gasteiger partial charge in [-0.05, 0) is 18.6 Å². The summed E-state index contributed by atoms with van der Waals surface area (Å²) in [6.45, 7) is 0.278. The van der Waals surface area contributed by atoms with Crippen LogP contribution in [0.5, 0.6) is 0 Å². The molecule has 0 spiro atoms. The summed E-state index contributed by atoms with van der Waals surface area (Å²) in [5, 5.41) is 10.8. The van der Waals surface area contributed by atoms with Crippen LogP contribution in [0.1, 0.15) is 6.42 Å². The van der Waals surface area contributed by atoms with Crippen molar-refractivity contribution >= 4 is 39.3 Å². The second-order valence-electron chi connectivity index (χ2n) is 4.22. The normalized spacial score (nSPS) is 20.0. The van der Waals surface area contributed by atoms with Crippen LogP contribution in [0.25, 0.3) is 0 Å². The molecule has 0 saturated carbocycles. The van der Waals surface area contributed by atoms with Gasteiger partial charge in [0, 0.05) is 19.1 Å². The highest BCUT2D eigenvalue weighted by molar-refractivity contribution is 7.89. The predicted octanol–water partition coefficient (Wildman–Crippen LogP) is 1.42. The number of pyridine rings is 1. The van der Waals surface area contributed by atoms with Gasteiger partial charge in [0.15, 0.2) is 5.15 Å².